The molecule has 0 radical (unpaired) electrons. The van der Waals surface area contributed by atoms with E-state index < -0.39 is 0 Å². The van der Waals surface area contributed by atoms with Crippen molar-refractivity contribution in [1.82, 2.24) is 0 Å². The van der Waals surface area contributed by atoms with E-state index in [1.165, 1.54) is 0 Å². The molecule has 0 bridgehead atoms. The third-order valence-corrected chi connectivity index (χ3v) is 4.45. The zero-order valence-corrected chi connectivity index (χ0v) is 13.9. The number of nitrogens with zero attached hydrogens (tertiary/aromatic N) is 1. The summed E-state index contributed by atoms with van der Waals surface area (Å²) >= 11 is 0. The Kier molecular flexibility index (Phi) is 6.42. The van der Waals surface area contributed by atoms with Crippen LogP contribution >= 0.6 is 0 Å². The van der Waals surface area contributed by atoms with Gasteiger partial charge >= 0.3 is 5.97 Å². The first-order valence-electron chi connectivity index (χ1n) is 7.69. The molecule has 1 aliphatic heterocycles. The summed E-state index contributed by atoms with van der Waals surface area (Å²) in [5.41, 5.74) is 0.842. The van der Waals surface area contributed by atoms with Gasteiger partial charge < -0.3 is 9.47 Å². The van der Waals surface area contributed by atoms with Gasteiger partial charge in [-0.3, -0.25) is 4.79 Å². The molecule has 21 heavy (non-hydrogen) atoms. The maximum absolute atomic E-state index is 12.4. The fourth-order valence-electron chi connectivity index (χ4n) is 3.40. The Morgan fingerprint density at radius 2 is 2.19 bits per heavy atom. The molecule has 4 heteroatoms. The molecule has 0 saturated heterocycles. The van der Waals surface area contributed by atoms with Crippen molar-refractivity contribution in [1.29, 1.82) is 0 Å². The molecule has 0 aromatic heterocycles. The fourth-order valence-corrected chi connectivity index (χ4v) is 3.40. The first kappa shape index (κ1) is 17.7. The number of esters is 1. The van der Waals surface area contributed by atoms with Crippen LogP contribution in [-0.4, -0.2) is 42.7 Å². The summed E-state index contributed by atoms with van der Waals surface area (Å²) in [6.07, 6.45) is 7.97. The molecule has 1 rings (SSSR count). The molecule has 1 aliphatic rings. The topological polar surface area (TPSA) is 38.5 Å². The van der Waals surface area contributed by atoms with Gasteiger partial charge in [-0.2, -0.15) is 0 Å². The minimum atomic E-state index is -0.215. The molecule has 0 amide bonds. The lowest BCUT2D eigenvalue weighted by Gasteiger charge is -2.40. The number of carbonyl (C=O) groups is 1. The standard InChI is InChI=1S/C17H28NO3/c1-7-10-17(5)12-14(21-11-8-2)18(6)13(4)15(17)16(19)20-9-3/h2,14-15H,7,9-12H2,1,3-6H3/q+1. The van der Waals surface area contributed by atoms with E-state index in [2.05, 4.69) is 19.8 Å². The van der Waals surface area contributed by atoms with Crippen molar-refractivity contribution < 1.29 is 18.8 Å². The Bertz CT molecular complexity index is 449. The van der Waals surface area contributed by atoms with Crippen molar-refractivity contribution in [3.05, 3.63) is 0 Å². The van der Waals surface area contributed by atoms with E-state index in [0.29, 0.717) is 6.61 Å². The smallest absolute Gasteiger partial charge is 0.319 e. The Balaban J connectivity index is 3.15. The molecular weight excluding hydrogens is 266 g/mol. The normalized spacial score (nSPS) is 29.1. The van der Waals surface area contributed by atoms with Crippen LogP contribution in [0.4, 0.5) is 0 Å². The molecule has 0 aromatic carbocycles. The molecule has 0 aromatic rings. The van der Waals surface area contributed by atoms with Gasteiger partial charge in [0, 0.05) is 13.3 Å². The van der Waals surface area contributed by atoms with Crippen molar-refractivity contribution in [3.8, 4) is 12.3 Å². The van der Waals surface area contributed by atoms with E-state index in [4.69, 9.17) is 15.9 Å². The molecule has 0 N–H and O–H groups in total. The number of ether oxygens (including phenoxy) is 2. The van der Waals surface area contributed by atoms with Crippen LogP contribution < -0.4 is 0 Å². The molecule has 1 heterocycles. The zero-order valence-electron chi connectivity index (χ0n) is 13.9. The number of terminal acetylenes is 1. The predicted octanol–water partition coefficient (Wildman–Crippen LogP) is 2.45. The Morgan fingerprint density at radius 3 is 2.71 bits per heavy atom. The Labute approximate surface area is 128 Å². The molecule has 118 valence electrons. The predicted molar refractivity (Wildman–Crippen MR) is 83.2 cm³/mol. The van der Waals surface area contributed by atoms with Crippen LogP contribution in [0.1, 0.15) is 47.0 Å². The van der Waals surface area contributed by atoms with E-state index in [1.807, 2.05) is 25.5 Å². The molecule has 0 spiro atoms. The lowest BCUT2D eigenvalue weighted by atomic mass is 9.67. The lowest BCUT2D eigenvalue weighted by molar-refractivity contribution is -0.600. The maximum atomic E-state index is 12.4. The molecule has 0 fully saturated rings. The fraction of sp³-hybridized carbons (Fsp3) is 0.765. The summed E-state index contributed by atoms with van der Waals surface area (Å²) in [5, 5.41) is 0. The van der Waals surface area contributed by atoms with Crippen LogP contribution in [0.25, 0.3) is 0 Å². The minimum Gasteiger partial charge on any atom is -0.465 e. The quantitative estimate of drug-likeness (QED) is 0.429. The maximum Gasteiger partial charge on any atom is 0.319 e. The highest BCUT2D eigenvalue weighted by molar-refractivity contribution is 5.99. The second-order valence-electron chi connectivity index (χ2n) is 6.02. The van der Waals surface area contributed by atoms with Crippen molar-refractivity contribution in [2.45, 2.75) is 53.2 Å². The molecular formula is C17H28NO3+. The molecule has 0 saturated carbocycles. The van der Waals surface area contributed by atoms with Gasteiger partial charge in [0.15, 0.2) is 5.71 Å². The first-order valence-corrected chi connectivity index (χ1v) is 7.69. The summed E-state index contributed by atoms with van der Waals surface area (Å²) < 4.78 is 13.1. The third kappa shape index (κ3) is 3.85. The highest BCUT2D eigenvalue weighted by Crippen LogP contribution is 2.42. The Morgan fingerprint density at radius 1 is 1.52 bits per heavy atom. The van der Waals surface area contributed by atoms with E-state index >= 15 is 0 Å². The average molecular weight is 294 g/mol. The molecule has 4 nitrogen and oxygen atoms in total. The van der Waals surface area contributed by atoms with Gasteiger partial charge in [0.2, 0.25) is 0 Å². The summed E-state index contributed by atoms with van der Waals surface area (Å²) in [6, 6.07) is 0. The van der Waals surface area contributed by atoms with Crippen molar-refractivity contribution in [2.24, 2.45) is 11.3 Å². The number of hydrogen-bond donors (Lipinski definition) is 0. The summed E-state index contributed by atoms with van der Waals surface area (Å²) in [7, 11) is 1.95. The zero-order chi connectivity index (χ0) is 16.0. The van der Waals surface area contributed by atoms with E-state index in [-0.39, 0.29) is 30.1 Å². The van der Waals surface area contributed by atoms with Crippen molar-refractivity contribution in [2.75, 3.05) is 20.3 Å². The first-order chi connectivity index (χ1) is 9.91. The highest BCUT2D eigenvalue weighted by atomic mass is 16.5. The van der Waals surface area contributed by atoms with E-state index in [1.54, 1.807) is 0 Å². The van der Waals surface area contributed by atoms with Crippen molar-refractivity contribution >= 4 is 11.7 Å². The summed E-state index contributed by atoms with van der Waals surface area (Å²) in [4.78, 5) is 12.4. The lowest BCUT2D eigenvalue weighted by Crippen LogP contribution is -2.52. The molecule has 0 aliphatic carbocycles. The number of rotatable bonds is 6. The minimum absolute atomic E-state index is 0.0803. The SMILES string of the molecule is C#CCOC1CC(C)(CCC)C(C(=O)OCC)C(C)=[N+]1C. The highest BCUT2D eigenvalue weighted by Gasteiger charge is 2.51. The largest absolute Gasteiger partial charge is 0.465 e. The van der Waals surface area contributed by atoms with Crippen LogP contribution in [0.5, 0.6) is 0 Å². The second-order valence-corrected chi connectivity index (χ2v) is 6.02. The number of carbonyl (C=O) groups excluding carboxylic acids is 1. The van der Waals surface area contributed by atoms with Gasteiger partial charge in [-0.15, -0.1) is 6.42 Å². The summed E-state index contributed by atoms with van der Waals surface area (Å²) in [5.74, 6) is 2.17. The number of hydrogen-bond acceptors (Lipinski definition) is 3. The van der Waals surface area contributed by atoms with Gasteiger partial charge in [-0.1, -0.05) is 26.2 Å². The van der Waals surface area contributed by atoms with Crippen LogP contribution in [0.3, 0.4) is 0 Å². The van der Waals surface area contributed by atoms with Crippen LogP contribution in [0.15, 0.2) is 0 Å². The Hall–Kier alpha value is -1.34. The van der Waals surface area contributed by atoms with Crippen molar-refractivity contribution in [3.63, 3.8) is 0 Å². The second kappa shape index (κ2) is 7.61. The average Bonchev–Trinajstić information content (AvgIpc) is 2.42. The van der Waals surface area contributed by atoms with Gasteiger partial charge in [0.25, 0.3) is 6.23 Å². The van der Waals surface area contributed by atoms with E-state index in [0.717, 1.165) is 25.0 Å². The van der Waals surface area contributed by atoms with Crippen LogP contribution in [0, 0.1) is 23.7 Å². The van der Waals surface area contributed by atoms with E-state index in [9.17, 15) is 4.79 Å². The monoisotopic (exact) mass is 294 g/mol. The molecule has 3 atom stereocenters. The van der Waals surface area contributed by atoms with Gasteiger partial charge in [0.05, 0.1) is 6.61 Å². The van der Waals surface area contributed by atoms with Gasteiger partial charge in [-0.25, -0.2) is 4.58 Å². The third-order valence-electron chi connectivity index (χ3n) is 4.45. The van der Waals surface area contributed by atoms with Gasteiger partial charge in [-0.05, 0) is 18.8 Å². The summed E-state index contributed by atoms with van der Waals surface area (Å²) in [6.45, 7) is 8.82. The van der Waals surface area contributed by atoms with Crippen LogP contribution in [0.2, 0.25) is 0 Å². The van der Waals surface area contributed by atoms with Crippen LogP contribution in [-0.2, 0) is 14.3 Å². The molecule has 3 unspecified atom stereocenters. The van der Waals surface area contributed by atoms with Gasteiger partial charge in [0.1, 0.15) is 19.6 Å².